The zero-order valence-electron chi connectivity index (χ0n) is 6.16. The van der Waals surface area contributed by atoms with Gasteiger partial charge in [0.25, 0.3) is 0 Å². The predicted octanol–water partition coefficient (Wildman–Crippen LogP) is 1.71. The minimum atomic E-state index is -0.116. The van der Waals surface area contributed by atoms with Crippen molar-refractivity contribution in [1.82, 2.24) is 0 Å². The van der Waals surface area contributed by atoms with Crippen LogP contribution < -0.4 is 0 Å². The van der Waals surface area contributed by atoms with E-state index in [1.807, 2.05) is 0 Å². The van der Waals surface area contributed by atoms with E-state index in [0.717, 1.165) is 0 Å². The van der Waals surface area contributed by atoms with Crippen molar-refractivity contribution in [2.24, 2.45) is 11.8 Å². The first kappa shape index (κ1) is 7.42. The second-order valence-corrected chi connectivity index (χ2v) is 4.45. The molecule has 54 valence electrons. The maximum atomic E-state index is 9.30. The molecule has 1 aliphatic rings. The second-order valence-electron chi connectivity index (χ2n) is 2.95. The summed E-state index contributed by atoms with van der Waals surface area (Å²) in [5, 5.41) is 9.94. The molecular formula is C7H14OS. The van der Waals surface area contributed by atoms with Crippen LogP contribution in [0.4, 0.5) is 0 Å². The van der Waals surface area contributed by atoms with Gasteiger partial charge < -0.3 is 5.11 Å². The minimum Gasteiger partial charge on any atom is -0.382 e. The summed E-state index contributed by atoms with van der Waals surface area (Å²) in [6, 6.07) is 0. The Hall–Kier alpha value is 0.310. The highest BCUT2D eigenvalue weighted by Crippen LogP contribution is 2.40. The van der Waals surface area contributed by atoms with Crippen molar-refractivity contribution in [3.63, 3.8) is 0 Å². The zero-order valence-corrected chi connectivity index (χ0v) is 6.98. The van der Waals surface area contributed by atoms with E-state index in [1.54, 1.807) is 11.8 Å². The predicted molar refractivity (Wildman–Crippen MR) is 41.4 cm³/mol. The Bertz CT molecular complexity index is 93.1. The van der Waals surface area contributed by atoms with E-state index in [9.17, 15) is 5.11 Å². The van der Waals surface area contributed by atoms with E-state index in [2.05, 4.69) is 20.8 Å². The van der Waals surface area contributed by atoms with Crippen LogP contribution in [0.1, 0.15) is 20.8 Å². The fourth-order valence-corrected chi connectivity index (χ4v) is 2.59. The molecule has 1 nitrogen and oxygen atoms in total. The van der Waals surface area contributed by atoms with E-state index < -0.39 is 0 Å². The molecule has 0 saturated carbocycles. The Labute approximate surface area is 60.8 Å². The Morgan fingerprint density at radius 1 is 1.11 bits per heavy atom. The van der Waals surface area contributed by atoms with Crippen LogP contribution in [0, 0.1) is 11.8 Å². The van der Waals surface area contributed by atoms with Gasteiger partial charge >= 0.3 is 0 Å². The van der Waals surface area contributed by atoms with Gasteiger partial charge in [0, 0.05) is 5.25 Å². The van der Waals surface area contributed by atoms with Gasteiger partial charge in [0.05, 0.1) is 0 Å². The number of aliphatic hydroxyl groups is 1. The lowest BCUT2D eigenvalue weighted by Crippen LogP contribution is -2.14. The summed E-state index contributed by atoms with van der Waals surface area (Å²) in [7, 11) is 0. The van der Waals surface area contributed by atoms with Gasteiger partial charge in [0.15, 0.2) is 0 Å². The van der Waals surface area contributed by atoms with Gasteiger partial charge in [-0.25, -0.2) is 0 Å². The summed E-state index contributed by atoms with van der Waals surface area (Å²) in [5.41, 5.74) is -0.116. The van der Waals surface area contributed by atoms with Gasteiger partial charge in [-0.3, -0.25) is 0 Å². The van der Waals surface area contributed by atoms with Crippen LogP contribution in [0.15, 0.2) is 0 Å². The van der Waals surface area contributed by atoms with Crippen molar-refractivity contribution >= 4 is 11.8 Å². The summed E-state index contributed by atoms with van der Waals surface area (Å²) in [6.45, 7) is 6.51. The lowest BCUT2D eigenvalue weighted by atomic mass is 9.95. The van der Waals surface area contributed by atoms with Crippen LogP contribution in [0.3, 0.4) is 0 Å². The first-order valence-electron chi connectivity index (χ1n) is 3.46. The van der Waals surface area contributed by atoms with Gasteiger partial charge in [-0.15, -0.1) is 11.8 Å². The van der Waals surface area contributed by atoms with Crippen LogP contribution in [0.5, 0.6) is 0 Å². The van der Waals surface area contributed by atoms with E-state index in [0.29, 0.717) is 17.1 Å². The fraction of sp³-hybridized carbons (Fsp3) is 1.00. The molecule has 1 heterocycles. The van der Waals surface area contributed by atoms with E-state index in [1.165, 1.54) is 0 Å². The molecule has 0 aliphatic carbocycles. The zero-order chi connectivity index (χ0) is 7.02. The Morgan fingerprint density at radius 2 is 1.67 bits per heavy atom. The first-order chi connectivity index (χ1) is 4.13. The molecule has 0 radical (unpaired) electrons. The maximum absolute atomic E-state index is 9.30. The summed E-state index contributed by atoms with van der Waals surface area (Å²) in [4.78, 5) is 0. The smallest absolute Gasteiger partial charge is 0.102 e. The Balaban J connectivity index is 2.54. The summed E-state index contributed by atoms with van der Waals surface area (Å²) in [6.07, 6.45) is 0. The molecule has 0 spiro atoms. The molecule has 1 N–H and O–H groups in total. The SMILES string of the molecule is CC1SC(O)C(C)C1C. The quantitative estimate of drug-likeness (QED) is 0.561. The van der Waals surface area contributed by atoms with E-state index in [4.69, 9.17) is 0 Å². The van der Waals surface area contributed by atoms with Crippen molar-refractivity contribution in [3.05, 3.63) is 0 Å². The first-order valence-corrected chi connectivity index (χ1v) is 4.40. The normalized spacial score (nSPS) is 52.0. The molecular weight excluding hydrogens is 132 g/mol. The average molecular weight is 146 g/mol. The lowest BCUT2D eigenvalue weighted by Gasteiger charge is -2.11. The number of hydrogen-bond donors (Lipinski definition) is 1. The number of hydrogen-bond acceptors (Lipinski definition) is 2. The molecule has 0 aromatic rings. The molecule has 0 bridgehead atoms. The second kappa shape index (κ2) is 2.51. The van der Waals surface area contributed by atoms with Gasteiger partial charge in [-0.05, 0) is 11.8 Å². The topological polar surface area (TPSA) is 20.2 Å². The summed E-state index contributed by atoms with van der Waals surface area (Å²) >= 11 is 1.69. The Morgan fingerprint density at radius 3 is 1.78 bits per heavy atom. The molecule has 1 saturated heterocycles. The molecule has 0 aromatic carbocycles. The molecule has 1 fully saturated rings. The highest BCUT2D eigenvalue weighted by molar-refractivity contribution is 8.00. The van der Waals surface area contributed by atoms with Crippen molar-refractivity contribution in [2.45, 2.75) is 31.5 Å². The maximum Gasteiger partial charge on any atom is 0.102 e. The van der Waals surface area contributed by atoms with Crippen molar-refractivity contribution in [1.29, 1.82) is 0 Å². The highest BCUT2D eigenvalue weighted by Gasteiger charge is 2.34. The van der Waals surface area contributed by atoms with Gasteiger partial charge in [-0.2, -0.15) is 0 Å². The largest absolute Gasteiger partial charge is 0.382 e. The van der Waals surface area contributed by atoms with E-state index in [-0.39, 0.29) is 5.44 Å². The van der Waals surface area contributed by atoms with E-state index >= 15 is 0 Å². The van der Waals surface area contributed by atoms with Crippen molar-refractivity contribution in [2.75, 3.05) is 0 Å². The van der Waals surface area contributed by atoms with Crippen LogP contribution in [-0.4, -0.2) is 15.8 Å². The summed E-state index contributed by atoms with van der Waals surface area (Å²) < 4.78 is 0. The minimum absolute atomic E-state index is 0.116. The molecule has 9 heavy (non-hydrogen) atoms. The Kier molecular flexibility index (Phi) is 2.07. The molecule has 2 heteroatoms. The highest BCUT2D eigenvalue weighted by atomic mass is 32.2. The summed E-state index contributed by atoms with van der Waals surface area (Å²) in [5.74, 6) is 1.15. The van der Waals surface area contributed by atoms with Crippen molar-refractivity contribution in [3.8, 4) is 0 Å². The average Bonchev–Trinajstić information content (AvgIpc) is 1.98. The third-order valence-electron chi connectivity index (χ3n) is 2.37. The van der Waals surface area contributed by atoms with Crippen LogP contribution >= 0.6 is 11.8 Å². The molecule has 1 rings (SSSR count). The third-order valence-corrected chi connectivity index (χ3v) is 3.94. The molecule has 0 aromatic heterocycles. The number of rotatable bonds is 0. The van der Waals surface area contributed by atoms with Crippen LogP contribution in [-0.2, 0) is 0 Å². The number of aliphatic hydroxyl groups excluding tert-OH is 1. The van der Waals surface area contributed by atoms with Gasteiger partial charge in [-0.1, -0.05) is 20.8 Å². The molecule has 1 aliphatic heterocycles. The van der Waals surface area contributed by atoms with Crippen LogP contribution in [0.2, 0.25) is 0 Å². The number of thioether (sulfide) groups is 1. The third kappa shape index (κ3) is 1.24. The monoisotopic (exact) mass is 146 g/mol. The van der Waals surface area contributed by atoms with Crippen LogP contribution in [0.25, 0.3) is 0 Å². The molecule has 4 unspecified atom stereocenters. The lowest BCUT2D eigenvalue weighted by molar-refractivity contribution is 0.182. The molecule has 0 amide bonds. The van der Waals surface area contributed by atoms with Gasteiger partial charge in [0.2, 0.25) is 0 Å². The standard InChI is InChI=1S/C7H14OS/c1-4-5(2)7(8)9-6(4)3/h4-8H,1-3H3. The fourth-order valence-electron chi connectivity index (χ4n) is 1.15. The molecule has 4 atom stereocenters. The van der Waals surface area contributed by atoms with Gasteiger partial charge in [0.1, 0.15) is 5.44 Å². The van der Waals surface area contributed by atoms with Crippen molar-refractivity contribution < 1.29 is 5.11 Å².